The zero-order valence-electron chi connectivity index (χ0n) is 12.3. The monoisotopic (exact) mass is 336 g/mol. The lowest BCUT2D eigenvalue weighted by atomic mass is 10.1. The lowest BCUT2D eigenvalue weighted by Gasteiger charge is -2.13. The molecule has 0 aromatic heterocycles. The highest BCUT2D eigenvalue weighted by atomic mass is 35.5. The Bertz CT molecular complexity index is 764. The normalized spacial score (nSPS) is 10.0. The molecule has 1 amide bonds. The summed E-state index contributed by atoms with van der Waals surface area (Å²) in [7, 11) is 2.87. The van der Waals surface area contributed by atoms with E-state index in [0.29, 0.717) is 5.75 Å². The first-order valence-corrected chi connectivity index (χ1v) is 6.82. The molecule has 8 heteroatoms. The molecule has 120 valence electrons. The van der Waals surface area contributed by atoms with Crippen LogP contribution in [0, 0.1) is 10.1 Å². The van der Waals surface area contributed by atoms with Crippen molar-refractivity contribution in [2.75, 3.05) is 19.5 Å². The van der Waals surface area contributed by atoms with Gasteiger partial charge in [-0.3, -0.25) is 14.9 Å². The second kappa shape index (κ2) is 6.97. The van der Waals surface area contributed by atoms with E-state index in [-0.39, 0.29) is 27.7 Å². The van der Waals surface area contributed by atoms with Crippen LogP contribution in [0.25, 0.3) is 0 Å². The molecule has 2 rings (SSSR count). The topological polar surface area (TPSA) is 90.7 Å². The van der Waals surface area contributed by atoms with E-state index in [1.807, 2.05) is 0 Å². The van der Waals surface area contributed by atoms with Crippen molar-refractivity contribution in [3.8, 4) is 11.5 Å². The third-order valence-corrected chi connectivity index (χ3v) is 3.39. The summed E-state index contributed by atoms with van der Waals surface area (Å²) in [6.45, 7) is 0. The number of methoxy groups -OCH3 is 2. The molecule has 2 aromatic carbocycles. The number of rotatable bonds is 5. The van der Waals surface area contributed by atoms with Gasteiger partial charge in [-0.05, 0) is 18.2 Å². The first-order chi connectivity index (χ1) is 11.0. The highest BCUT2D eigenvalue weighted by molar-refractivity contribution is 6.34. The summed E-state index contributed by atoms with van der Waals surface area (Å²) in [5.74, 6) is 0.127. The van der Waals surface area contributed by atoms with E-state index >= 15 is 0 Å². The maximum atomic E-state index is 12.4. The molecule has 23 heavy (non-hydrogen) atoms. The Morgan fingerprint density at radius 1 is 1.22 bits per heavy atom. The van der Waals surface area contributed by atoms with Crippen molar-refractivity contribution < 1.29 is 19.2 Å². The SMILES string of the molecule is COc1cccc(C(=O)Nc2cc([N+](=O)[O-])ccc2Cl)c1OC. The lowest BCUT2D eigenvalue weighted by Crippen LogP contribution is -2.14. The quantitative estimate of drug-likeness (QED) is 0.666. The van der Waals surface area contributed by atoms with Gasteiger partial charge in [0.05, 0.1) is 35.4 Å². The van der Waals surface area contributed by atoms with Gasteiger partial charge in [-0.1, -0.05) is 17.7 Å². The minimum Gasteiger partial charge on any atom is -0.493 e. The number of para-hydroxylation sites is 1. The van der Waals surface area contributed by atoms with Gasteiger partial charge in [0.2, 0.25) is 0 Å². The van der Waals surface area contributed by atoms with Crippen molar-refractivity contribution in [3.63, 3.8) is 0 Å². The Morgan fingerprint density at radius 3 is 2.57 bits per heavy atom. The number of nitrogens with zero attached hydrogens (tertiary/aromatic N) is 1. The summed E-state index contributed by atoms with van der Waals surface area (Å²) in [6.07, 6.45) is 0. The zero-order chi connectivity index (χ0) is 17.0. The fourth-order valence-electron chi connectivity index (χ4n) is 1.98. The molecule has 1 N–H and O–H groups in total. The Hall–Kier alpha value is -2.80. The van der Waals surface area contributed by atoms with Crippen molar-refractivity contribution in [1.29, 1.82) is 0 Å². The van der Waals surface area contributed by atoms with Crippen molar-refractivity contribution in [2.24, 2.45) is 0 Å². The van der Waals surface area contributed by atoms with Crippen molar-refractivity contribution in [2.45, 2.75) is 0 Å². The minimum absolute atomic E-state index is 0.135. The molecule has 2 aromatic rings. The highest BCUT2D eigenvalue weighted by Gasteiger charge is 2.18. The summed E-state index contributed by atoms with van der Waals surface area (Å²) in [5, 5.41) is 13.5. The predicted molar refractivity (Wildman–Crippen MR) is 85.6 cm³/mol. The van der Waals surface area contributed by atoms with Gasteiger partial charge in [-0.15, -0.1) is 0 Å². The molecule has 0 saturated heterocycles. The van der Waals surface area contributed by atoms with Crippen LogP contribution in [-0.2, 0) is 0 Å². The fraction of sp³-hybridized carbons (Fsp3) is 0.133. The Morgan fingerprint density at radius 2 is 1.96 bits per heavy atom. The second-order valence-electron chi connectivity index (χ2n) is 4.42. The first-order valence-electron chi connectivity index (χ1n) is 6.44. The van der Waals surface area contributed by atoms with Gasteiger partial charge in [0.15, 0.2) is 11.5 Å². The maximum Gasteiger partial charge on any atom is 0.271 e. The van der Waals surface area contributed by atoms with Crippen molar-refractivity contribution in [1.82, 2.24) is 0 Å². The van der Waals surface area contributed by atoms with Crippen LogP contribution in [0.2, 0.25) is 5.02 Å². The number of nitro benzene ring substituents is 1. The average molecular weight is 337 g/mol. The standard InChI is InChI=1S/C15H13ClN2O5/c1-22-13-5-3-4-10(14(13)23-2)15(19)17-12-8-9(18(20)21)6-7-11(12)16/h3-8H,1-2H3,(H,17,19). The summed E-state index contributed by atoms with van der Waals surface area (Å²) in [6, 6.07) is 8.61. The van der Waals surface area contributed by atoms with E-state index < -0.39 is 10.8 Å². The number of nitrogens with one attached hydrogen (secondary N) is 1. The van der Waals surface area contributed by atoms with E-state index in [2.05, 4.69) is 5.32 Å². The molecular weight excluding hydrogens is 324 g/mol. The van der Waals surface area contributed by atoms with E-state index in [1.165, 1.54) is 32.4 Å². The molecule has 0 aliphatic heterocycles. The fourth-order valence-corrected chi connectivity index (χ4v) is 2.14. The molecule has 0 atom stereocenters. The number of non-ortho nitro benzene ring substituents is 1. The number of halogens is 1. The third kappa shape index (κ3) is 3.51. The van der Waals surface area contributed by atoms with Gasteiger partial charge in [0.25, 0.3) is 11.6 Å². The lowest BCUT2D eigenvalue weighted by molar-refractivity contribution is -0.384. The maximum absolute atomic E-state index is 12.4. The van der Waals surface area contributed by atoms with Crippen molar-refractivity contribution in [3.05, 3.63) is 57.1 Å². The molecule has 0 fully saturated rings. The molecule has 0 saturated carbocycles. The number of ether oxygens (including phenoxy) is 2. The summed E-state index contributed by atoms with van der Waals surface area (Å²) < 4.78 is 10.3. The van der Waals surface area contributed by atoms with Gasteiger partial charge in [-0.25, -0.2) is 0 Å². The third-order valence-electron chi connectivity index (χ3n) is 3.06. The van der Waals surface area contributed by atoms with E-state index in [4.69, 9.17) is 21.1 Å². The molecule has 0 heterocycles. The van der Waals surface area contributed by atoms with Crippen LogP contribution in [0.1, 0.15) is 10.4 Å². The van der Waals surface area contributed by atoms with Gasteiger partial charge in [0, 0.05) is 12.1 Å². The number of anilines is 1. The van der Waals surface area contributed by atoms with Gasteiger partial charge in [0.1, 0.15) is 0 Å². The largest absolute Gasteiger partial charge is 0.493 e. The molecule has 0 aliphatic carbocycles. The molecule has 0 radical (unpaired) electrons. The average Bonchev–Trinajstić information content (AvgIpc) is 2.55. The molecule has 7 nitrogen and oxygen atoms in total. The summed E-state index contributed by atoms with van der Waals surface area (Å²) in [4.78, 5) is 22.7. The number of nitro groups is 1. The number of amides is 1. The highest BCUT2D eigenvalue weighted by Crippen LogP contribution is 2.32. The number of hydrogen-bond acceptors (Lipinski definition) is 5. The number of carbonyl (C=O) groups excluding carboxylic acids is 1. The van der Waals surface area contributed by atoms with Crippen LogP contribution in [0.15, 0.2) is 36.4 Å². The number of carbonyl (C=O) groups is 1. The molecular formula is C15H13ClN2O5. The number of benzene rings is 2. The van der Waals surface area contributed by atoms with Crippen molar-refractivity contribution >= 4 is 28.9 Å². The van der Waals surface area contributed by atoms with E-state index in [1.54, 1.807) is 18.2 Å². The van der Waals surface area contributed by atoms with Crippen LogP contribution < -0.4 is 14.8 Å². The van der Waals surface area contributed by atoms with Gasteiger partial charge >= 0.3 is 0 Å². The van der Waals surface area contributed by atoms with Crippen LogP contribution in [0.3, 0.4) is 0 Å². The Labute approximate surface area is 136 Å². The Balaban J connectivity index is 2.37. The van der Waals surface area contributed by atoms with Crippen LogP contribution in [0.4, 0.5) is 11.4 Å². The van der Waals surface area contributed by atoms with Crippen LogP contribution in [-0.4, -0.2) is 25.1 Å². The molecule has 0 aliphatic rings. The predicted octanol–water partition coefficient (Wildman–Crippen LogP) is 3.52. The zero-order valence-corrected chi connectivity index (χ0v) is 13.1. The Kier molecular flexibility index (Phi) is 5.02. The van der Waals surface area contributed by atoms with Gasteiger partial charge < -0.3 is 14.8 Å². The molecule has 0 bridgehead atoms. The molecule has 0 spiro atoms. The molecule has 0 unspecified atom stereocenters. The van der Waals surface area contributed by atoms with E-state index in [9.17, 15) is 14.9 Å². The summed E-state index contributed by atoms with van der Waals surface area (Å²) in [5.41, 5.74) is 0.174. The van der Waals surface area contributed by atoms with Gasteiger partial charge in [-0.2, -0.15) is 0 Å². The number of hydrogen-bond donors (Lipinski definition) is 1. The van der Waals surface area contributed by atoms with Crippen LogP contribution in [0.5, 0.6) is 11.5 Å². The summed E-state index contributed by atoms with van der Waals surface area (Å²) >= 11 is 5.97. The first kappa shape index (κ1) is 16.6. The van der Waals surface area contributed by atoms with Crippen LogP contribution >= 0.6 is 11.6 Å². The second-order valence-corrected chi connectivity index (χ2v) is 4.82. The smallest absolute Gasteiger partial charge is 0.271 e. The minimum atomic E-state index is -0.571. The van der Waals surface area contributed by atoms with E-state index in [0.717, 1.165) is 0 Å².